The molecule has 1 fully saturated rings. The van der Waals surface area contributed by atoms with Gasteiger partial charge in [0, 0.05) is 19.6 Å². The molecule has 0 atom stereocenters. The molecule has 0 bridgehead atoms. The summed E-state index contributed by atoms with van der Waals surface area (Å²) in [5.41, 5.74) is 1.54. The monoisotopic (exact) mass is 546 g/mol. The lowest BCUT2D eigenvalue weighted by Gasteiger charge is -2.33. The van der Waals surface area contributed by atoms with Crippen molar-refractivity contribution in [3.8, 4) is 0 Å². The number of hydrogen-bond acceptors (Lipinski definition) is 4. The summed E-state index contributed by atoms with van der Waals surface area (Å²) in [6, 6.07) is 18.3. The summed E-state index contributed by atoms with van der Waals surface area (Å²) in [7, 11) is -4.33. The van der Waals surface area contributed by atoms with Gasteiger partial charge in [0.25, 0.3) is 0 Å². The molecule has 1 saturated heterocycles. The van der Waals surface area contributed by atoms with Crippen LogP contribution in [-0.2, 0) is 22.7 Å². The number of piperidine rings is 1. The third kappa shape index (κ3) is 5.53. The number of imidazole rings is 1. The highest BCUT2D eigenvalue weighted by atomic mass is 32.2. The lowest BCUT2D eigenvalue weighted by molar-refractivity contribution is -0.139. The SMILES string of the molecule is O=S(=O)(NCC1CCN(c2nc3ccccc3n2Cc2ccc(F)cc2)CC1)c1ccccc1C(F)(F)F. The van der Waals surface area contributed by atoms with E-state index >= 15 is 0 Å². The zero-order valence-electron chi connectivity index (χ0n) is 20.3. The van der Waals surface area contributed by atoms with E-state index < -0.39 is 26.7 Å². The van der Waals surface area contributed by atoms with E-state index in [4.69, 9.17) is 4.98 Å². The number of anilines is 1. The standard InChI is InChI=1S/C27H26F4N4O2S/c28-21-11-9-20(10-12-21)18-35-24-7-3-2-6-23(24)33-26(35)34-15-13-19(14-16-34)17-32-38(36,37)25-8-4-1-5-22(25)27(29,30)31/h1-12,19,32H,13-18H2. The van der Waals surface area contributed by atoms with E-state index in [1.165, 1.54) is 24.3 Å². The van der Waals surface area contributed by atoms with Gasteiger partial charge < -0.3 is 9.47 Å². The van der Waals surface area contributed by atoms with Gasteiger partial charge >= 0.3 is 6.18 Å². The van der Waals surface area contributed by atoms with Gasteiger partial charge in [0.2, 0.25) is 16.0 Å². The second-order valence-electron chi connectivity index (χ2n) is 9.39. The van der Waals surface area contributed by atoms with Crippen LogP contribution in [-0.4, -0.2) is 37.6 Å². The lowest BCUT2D eigenvalue weighted by atomic mass is 9.97. The molecule has 0 unspecified atom stereocenters. The minimum absolute atomic E-state index is 0.0333. The van der Waals surface area contributed by atoms with Crippen molar-refractivity contribution < 1.29 is 26.0 Å². The van der Waals surface area contributed by atoms with Gasteiger partial charge in [-0.3, -0.25) is 0 Å². The Labute approximate surface area is 218 Å². The molecule has 0 amide bonds. The Bertz CT molecular complexity index is 1530. The van der Waals surface area contributed by atoms with Crippen molar-refractivity contribution in [3.63, 3.8) is 0 Å². The largest absolute Gasteiger partial charge is 0.417 e. The number of halogens is 4. The summed E-state index contributed by atoms with van der Waals surface area (Å²) in [6.45, 7) is 1.78. The first kappa shape index (κ1) is 26.2. The van der Waals surface area contributed by atoms with Gasteiger partial charge in [-0.2, -0.15) is 13.2 Å². The fourth-order valence-electron chi connectivity index (χ4n) is 4.81. The maximum Gasteiger partial charge on any atom is 0.417 e. The Morgan fingerprint density at radius 1 is 0.921 bits per heavy atom. The highest BCUT2D eigenvalue weighted by Crippen LogP contribution is 2.34. The van der Waals surface area contributed by atoms with Crippen LogP contribution in [0, 0.1) is 11.7 Å². The molecular weight excluding hydrogens is 520 g/mol. The molecule has 3 aromatic carbocycles. The van der Waals surface area contributed by atoms with Crippen LogP contribution in [0.15, 0.2) is 77.7 Å². The predicted octanol–water partition coefficient (Wildman–Crippen LogP) is 5.44. The number of aromatic nitrogens is 2. The number of sulfonamides is 1. The van der Waals surface area contributed by atoms with Crippen LogP contribution in [0.4, 0.5) is 23.5 Å². The van der Waals surface area contributed by atoms with Gasteiger partial charge in [-0.05, 0) is 60.7 Å². The van der Waals surface area contributed by atoms with Crippen molar-refractivity contribution >= 4 is 27.0 Å². The number of nitrogens with one attached hydrogen (secondary N) is 1. The van der Waals surface area contributed by atoms with Gasteiger partial charge in [-0.1, -0.05) is 36.4 Å². The summed E-state index contributed by atoms with van der Waals surface area (Å²) in [6.07, 6.45) is -3.48. The summed E-state index contributed by atoms with van der Waals surface area (Å²) in [5, 5.41) is 0. The predicted molar refractivity (Wildman–Crippen MR) is 137 cm³/mol. The Hall–Kier alpha value is -3.44. The van der Waals surface area contributed by atoms with Gasteiger partial charge in [-0.25, -0.2) is 22.5 Å². The number of hydrogen-bond donors (Lipinski definition) is 1. The van der Waals surface area contributed by atoms with E-state index in [1.807, 2.05) is 24.3 Å². The summed E-state index contributed by atoms with van der Waals surface area (Å²) in [5.74, 6) is 0.437. The zero-order chi connectivity index (χ0) is 26.9. The zero-order valence-corrected chi connectivity index (χ0v) is 21.1. The van der Waals surface area contributed by atoms with E-state index in [-0.39, 0.29) is 18.3 Å². The van der Waals surface area contributed by atoms with Crippen molar-refractivity contribution in [1.29, 1.82) is 0 Å². The molecule has 4 aromatic rings. The summed E-state index contributed by atoms with van der Waals surface area (Å²) < 4.78 is 83.3. The van der Waals surface area contributed by atoms with Crippen LogP contribution < -0.4 is 9.62 Å². The molecule has 1 aliphatic heterocycles. The molecule has 200 valence electrons. The third-order valence-electron chi connectivity index (χ3n) is 6.83. The number of alkyl halides is 3. The molecule has 0 spiro atoms. The second-order valence-corrected chi connectivity index (χ2v) is 11.1. The second kappa shape index (κ2) is 10.4. The van der Waals surface area contributed by atoms with Crippen molar-refractivity contribution in [3.05, 3.63) is 89.7 Å². The highest BCUT2D eigenvalue weighted by Gasteiger charge is 2.37. The Morgan fingerprint density at radius 3 is 2.29 bits per heavy atom. The molecular formula is C27H26F4N4O2S. The van der Waals surface area contributed by atoms with E-state index in [0.29, 0.717) is 32.5 Å². The quantitative estimate of drug-likeness (QED) is 0.314. The molecule has 0 radical (unpaired) electrons. The van der Waals surface area contributed by atoms with Crippen LogP contribution in [0.5, 0.6) is 0 Å². The summed E-state index contributed by atoms with van der Waals surface area (Å²) >= 11 is 0. The van der Waals surface area contributed by atoms with Crippen LogP contribution >= 0.6 is 0 Å². The maximum absolute atomic E-state index is 13.4. The molecule has 0 saturated carbocycles. The molecule has 6 nitrogen and oxygen atoms in total. The number of benzene rings is 3. The van der Waals surface area contributed by atoms with E-state index in [0.717, 1.165) is 34.7 Å². The Kier molecular flexibility index (Phi) is 7.15. The average molecular weight is 547 g/mol. The highest BCUT2D eigenvalue weighted by molar-refractivity contribution is 7.89. The fraction of sp³-hybridized carbons (Fsp3) is 0.296. The Morgan fingerprint density at radius 2 is 1.58 bits per heavy atom. The van der Waals surface area contributed by atoms with Gasteiger partial charge in [0.05, 0.1) is 28.0 Å². The average Bonchev–Trinajstić information content (AvgIpc) is 3.27. The molecule has 1 N–H and O–H groups in total. The van der Waals surface area contributed by atoms with Crippen LogP contribution in [0.25, 0.3) is 11.0 Å². The smallest absolute Gasteiger partial charge is 0.342 e. The number of nitrogens with zero attached hydrogens (tertiary/aromatic N) is 3. The van der Waals surface area contributed by atoms with Crippen LogP contribution in [0.2, 0.25) is 0 Å². The van der Waals surface area contributed by atoms with Gasteiger partial charge in [0.15, 0.2) is 0 Å². The van der Waals surface area contributed by atoms with Crippen molar-refractivity contribution in [2.45, 2.75) is 30.5 Å². The number of para-hydroxylation sites is 2. The molecule has 2 heterocycles. The molecule has 1 aromatic heterocycles. The Balaban J connectivity index is 1.28. The molecule has 11 heteroatoms. The number of fused-ring (bicyclic) bond motifs is 1. The van der Waals surface area contributed by atoms with Crippen molar-refractivity contribution in [1.82, 2.24) is 14.3 Å². The van der Waals surface area contributed by atoms with E-state index in [9.17, 15) is 26.0 Å². The van der Waals surface area contributed by atoms with Crippen molar-refractivity contribution in [2.75, 3.05) is 24.5 Å². The maximum atomic E-state index is 13.4. The van der Waals surface area contributed by atoms with E-state index in [2.05, 4.69) is 14.2 Å². The van der Waals surface area contributed by atoms with Gasteiger partial charge in [-0.15, -0.1) is 0 Å². The topological polar surface area (TPSA) is 67.2 Å². The fourth-order valence-corrected chi connectivity index (χ4v) is 6.15. The van der Waals surface area contributed by atoms with Crippen molar-refractivity contribution in [2.24, 2.45) is 5.92 Å². The van der Waals surface area contributed by atoms with Crippen LogP contribution in [0.1, 0.15) is 24.0 Å². The first-order chi connectivity index (χ1) is 18.1. The molecule has 38 heavy (non-hydrogen) atoms. The molecule has 5 rings (SSSR count). The van der Waals surface area contributed by atoms with Crippen LogP contribution in [0.3, 0.4) is 0 Å². The minimum atomic E-state index is -4.77. The normalized spacial score (nSPS) is 15.3. The van der Waals surface area contributed by atoms with Gasteiger partial charge in [0.1, 0.15) is 5.82 Å². The molecule has 0 aliphatic carbocycles. The first-order valence-corrected chi connectivity index (χ1v) is 13.7. The lowest BCUT2D eigenvalue weighted by Crippen LogP contribution is -2.40. The summed E-state index contributed by atoms with van der Waals surface area (Å²) in [4.78, 5) is 6.20. The third-order valence-corrected chi connectivity index (χ3v) is 8.31. The first-order valence-electron chi connectivity index (χ1n) is 12.2. The molecule has 1 aliphatic rings. The minimum Gasteiger partial charge on any atom is -0.342 e. The number of rotatable bonds is 7. The van der Waals surface area contributed by atoms with E-state index in [1.54, 1.807) is 12.1 Å².